The Morgan fingerprint density at radius 1 is 0.500 bits per heavy atom. The number of aliphatic hydroxyl groups is 2. The quantitative estimate of drug-likeness (QED) is 0.502. The zero-order valence-corrected chi connectivity index (χ0v) is 25.1. The van der Waals surface area contributed by atoms with Crippen molar-refractivity contribution in [3.63, 3.8) is 0 Å². The third-order valence-corrected chi connectivity index (χ3v) is 4.85. The summed E-state index contributed by atoms with van der Waals surface area (Å²) < 4.78 is 31.5. The molecule has 0 unspecified atom stereocenters. The molecule has 2 atom stereocenters. The van der Waals surface area contributed by atoms with Crippen molar-refractivity contribution in [1.29, 1.82) is 0 Å². The number of rotatable bonds is 6. The molecule has 0 aliphatic rings. The van der Waals surface area contributed by atoms with Gasteiger partial charge < -0.3 is 38.6 Å². The predicted molar refractivity (Wildman–Crippen MR) is 163 cm³/mol. The van der Waals surface area contributed by atoms with Crippen molar-refractivity contribution in [1.82, 2.24) is 0 Å². The summed E-state index contributed by atoms with van der Waals surface area (Å²) in [6.45, 7) is 3.20. The van der Waals surface area contributed by atoms with Crippen LogP contribution in [0.3, 0.4) is 0 Å². The Labute approximate surface area is 248 Å². The molecule has 0 aliphatic carbocycles. The maximum absolute atomic E-state index is 8.97. The minimum Gasteiger partial charge on any atom is -0.493 e. The van der Waals surface area contributed by atoms with Gasteiger partial charge in [-0.3, -0.25) is 0 Å². The van der Waals surface area contributed by atoms with Gasteiger partial charge in [0.05, 0.1) is 42.7 Å². The first-order valence-corrected chi connectivity index (χ1v) is 12.6. The summed E-state index contributed by atoms with van der Waals surface area (Å²) in [6.07, 6.45) is 5.10. The zero-order chi connectivity index (χ0) is 31.3. The molecular formula is C34H36O8. The molecule has 2 N–H and O–H groups in total. The van der Waals surface area contributed by atoms with Crippen LogP contribution in [-0.4, -0.2) is 65.1 Å². The molecular weight excluding hydrogens is 536 g/mol. The summed E-state index contributed by atoms with van der Waals surface area (Å²) in [5.41, 5.74) is 1.47. The van der Waals surface area contributed by atoms with Crippen molar-refractivity contribution in [2.24, 2.45) is 0 Å². The highest BCUT2D eigenvalue weighted by molar-refractivity contribution is 5.58. The fraction of sp³-hybridized carbons (Fsp3) is 0.294. The lowest BCUT2D eigenvalue weighted by Gasteiger charge is -2.12. The van der Waals surface area contributed by atoms with E-state index in [2.05, 4.69) is 47.4 Å². The SMILES string of the molecule is COc1cc(C#C/C=C/C#C[C@@H](C)O)cc(OC)c1OC.COc1cc(C#C/C=C/C#C[C@H](C)O)cc(OC)c1OC. The van der Waals surface area contributed by atoms with Crippen LogP contribution in [0.2, 0.25) is 0 Å². The number of hydrogen-bond donors (Lipinski definition) is 2. The standard InChI is InChI=1S/2C17H18O4/c2*1-13(18)9-7-5-6-8-10-14-11-15(19-2)17(21-4)16(12-14)20-3/h2*5-6,11-13,18H,1-4H3/b2*6-5+/t2*13-/m10/s1. The highest BCUT2D eigenvalue weighted by Crippen LogP contribution is 2.38. The van der Waals surface area contributed by atoms with E-state index in [1.807, 2.05) is 0 Å². The van der Waals surface area contributed by atoms with Crippen LogP contribution in [0.4, 0.5) is 0 Å². The Hall–Kier alpha value is -5.12. The fourth-order valence-corrected chi connectivity index (χ4v) is 3.06. The van der Waals surface area contributed by atoms with Gasteiger partial charge in [-0.1, -0.05) is 47.4 Å². The van der Waals surface area contributed by atoms with Crippen molar-refractivity contribution >= 4 is 0 Å². The van der Waals surface area contributed by atoms with Crippen LogP contribution in [-0.2, 0) is 0 Å². The molecule has 0 bridgehead atoms. The average Bonchev–Trinajstić information content (AvgIpc) is 2.99. The first-order chi connectivity index (χ1) is 20.2. The van der Waals surface area contributed by atoms with Crippen molar-refractivity contribution in [3.8, 4) is 81.9 Å². The van der Waals surface area contributed by atoms with E-state index >= 15 is 0 Å². The molecule has 0 saturated carbocycles. The molecule has 8 heteroatoms. The molecule has 220 valence electrons. The number of aliphatic hydroxyl groups excluding tert-OH is 2. The van der Waals surface area contributed by atoms with Gasteiger partial charge in [0, 0.05) is 11.1 Å². The molecule has 0 radical (unpaired) electrons. The minimum atomic E-state index is -0.641. The number of methoxy groups -OCH3 is 6. The smallest absolute Gasteiger partial charge is 0.203 e. The summed E-state index contributed by atoms with van der Waals surface area (Å²) in [5.74, 6) is 25.4. The molecule has 0 aromatic heterocycles. The number of hydrogen-bond acceptors (Lipinski definition) is 8. The fourth-order valence-electron chi connectivity index (χ4n) is 3.06. The normalized spacial score (nSPS) is 10.9. The molecule has 0 fully saturated rings. The summed E-state index contributed by atoms with van der Waals surface area (Å²) in [6, 6.07) is 7.07. The monoisotopic (exact) mass is 572 g/mol. The van der Waals surface area contributed by atoms with Crippen LogP contribution in [0.1, 0.15) is 25.0 Å². The Kier molecular flexibility index (Phi) is 16.5. The van der Waals surface area contributed by atoms with E-state index in [1.54, 1.807) is 105 Å². The summed E-state index contributed by atoms with van der Waals surface area (Å²) in [7, 11) is 9.32. The number of benzene rings is 2. The molecule has 0 heterocycles. The average molecular weight is 573 g/mol. The van der Waals surface area contributed by atoms with Crippen LogP contribution < -0.4 is 28.4 Å². The summed E-state index contributed by atoms with van der Waals surface area (Å²) in [4.78, 5) is 0. The minimum absolute atomic E-state index is 0.531. The van der Waals surface area contributed by atoms with Gasteiger partial charge in [-0.25, -0.2) is 0 Å². The lowest BCUT2D eigenvalue weighted by atomic mass is 10.2. The first-order valence-electron chi connectivity index (χ1n) is 12.6. The van der Waals surface area contributed by atoms with Gasteiger partial charge >= 0.3 is 0 Å². The second-order valence-corrected chi connectivity index (χ2v) is 7.96. The molecule has 2 aromatic rings. The summed E-state index contributed by atoms with van der Waals surface area (Å²) >= 11 is 0. The molecule has 8 nitrogen and oxygen atoms in total. The van der Waals surface area contributed by atoms with Crippen molar-refractivity contribution in [3.05, 3.63) is 59.7 Å². The molecule has 0 amide bonds. The molecule has 2 aromatic carbocycles. The van der Waals surface area contributed by atoms with Crippen LogP contribution in [0.5, 0.6) is 34.5 Å². The number of ether oxygens (including phenoxy) is 6. The maximum atomic E-state index is 8.97. The van der Waals surface area contributed by atoms with E-state index in [-0.39, 0.29) is 0 Å². The number of allylic oxidation sites excluding steroid dienone is 4. The van der Waals surface area contributed by atoms with Gasteiger partial charge in [-0.2, -0.15) is 0 Å². The second-order valence-electron chi connectivity index (χ2n) is 7.96. The first kappa shape index (κ1) is 34.9. The maximum Gasteiger partial charge on any atom is 0.203 e. The van der Waals surface area contributed by atoms with Crippen LogP contribution in [0.15, 0.2) is 48.6 Å². The van der Waals surface area contributed by atoms with Crippen LogP contribution >= 0.6 is 0 Å². The van der Waals surface area contributed by atoms with E-state index in [1.165, 1.54) is 0 Å². The third-order valence-electron chi connectivity index (χ3n) is 4.85. The molecule has 2 rings (SSSR count). The van der Waals surface area contributed by atoms with E-state index < -0.39 is 12.2 Å². The largest absolute Gasteiger partial charge is 0.493 e. The predicted octanol–water partition coefficient (Wildman–Crippen LogP) is 4.01. The van der Waals surface area contributed by atoms with E-state index in [4.69, 9.17) is 38.6 Å². The molecule has 0 spiro atoms. The van der Waals surface area contributed by atoms with Gasteiger partial charge in [0.15, 0.2) is 23.0 Å². The Balaban J connectivity index is 0.000000420. The third kappa shape index (κ3) is 12.4. The molecule has 0 saturated heterocycles. The van der Waals surface area contributed by atoms with Crippen molar-refractivity contribution in [2.45, 2.75) is 26.1 Å². The topological polar surface area (TPSA) is 95.8 Å². The van der Waals surface area contributed by atoms with E-state index in [9.17, 15) is 0 Å². The van der Waals surface area contributed by atoms with Gasteiger partial charge in [0.25, 0.3) is 0 Å². The summed E-state index contributed by atoms with van der Waals surface area (Å²) in [5, 5.41) is 17.9. The van der Waals surface area contributed by atoms with Crippen molar-refractivity contribution < 1.29 is 38.6 Å². The van der Waals surface area contributed by atoms with Gasteiger partial charge in [-0.15, -0.1) is 0 Å². The molecule has 42 heavy (non-hydrogen) atoms. The Morgan fingerprint density at radius 3 is 1.02 bits per heavy atom. The van der Waals surface area contributed by atoms with Crippen LogP contribution in [0.25, 0.3) is 0 Å². The van der Waals surface area contributed by atoms with Gasteiger partial charge in [0.1, 0.15) is 12.2 Å². The highest BCUT2D eigenvalue weighted by Gasteiger charge is 2.13. The second kappa shape index (κ2) is 19.9. The van der Waals surface area contributed by atoms with Gasteiger partial charge in [-0.05, 0) is 62.4 Å². The Morgan fingerprint density at radius 2 is 0.786 bits per heavy atom. The van der Waals surface area contributed by atoms with E-state index in [0.29, 0.717) is 34.5 Å². The molecule has 0 aliphatic heterocycles. The van der Waals surface area contributed by atoms with Crippen molar-refractivity contribution in [2.75, 3.05) is 42.7 Å². The lowest BCUT2D eigenvalue weighted by molar-refractivity contribution is 0.253. The van der Waals surface area contributed by atoms with Crippen LogP contribution in [0, 0.1) is 47.4 Å². The lowest BCUT2D eigenvalue weighted by Crippen LogP contribution is -1.95. The Bertz CT molecular complexity index is 1310. The highest BCUT2D eigenvalue weighted by atomic mass is 16.5. The van der Waals surface area contributed by atoms with Gasteiger partial charge in [0.2, 0.25) is 11.5 Å². The zero-order valence-electron chi connectivity index (χ0n) is 25.1. The van der Waals surface area contributed by atoms with E-state index in [0.717, 1.165) is 11.1 Å².